The van der Waals surface area contributed by atoms with E-state index in [2.05, 4.69) is 15.6 Å². The minimum Gasteiger partial charge on any atom is -0.466 e. The number of esters is 1. The van der Waals surface area contributed by atoms with Crippen LogP contribution in [-0.4, -0.2) is 34.3 Å². The molecule has 0 aliphatic rings. The number of rotatable bonds is 11. The lowest BCUT2D eigenvalue weighted by Crippen LogP contribution is -2.19. The van der Waals surface area contributed by atoms with Gasteiger partial charge in [0.15, 0.2) is 5.13 Å². The van der Waals surface area contributed by atoms with Crippen LogP contribution in [0.25, 0.3) is 0 Å². The van der Waals surface area contributed by atoms with Gasteiger partial charge in [-0.15, -0.1) is 23.1 Å². The van der Waals surface area contributed by atoms with Crippen molar-refractivity contribution >= 4 is 57.4 Å². The topological polar surface area (TPSA) is 141 Å². The molecular formula is C28H24N4O6S2. The van der Waals surface area contributed by atoms with Crippen LogP contribution in [0.1, 0.15) is 33.8 Å². The molecule has 204 valence electrons. The van der Waals surface area contributed by atoms with Crippen molar-refractivity contribution in [2.45, 2.75) is 23.5 Å². The van der Waals surface area contributed by atoms with E-state index in [1.807, 2.05) is 36.4 Å². The van der Waals surface area contributed by atoms with Crippen molar-refractivity contribution in [2.24, 2.45) is 0 Å². The van der Waals surface area contributed by atoms with Crippen LogP contribution in [-0.2, 0) is 20.7 Å². The normalized spacial score (nSPS) is 11.3. The number of carbonyl (C=O) groups excluding carboxylic acids is 3. The molecular weight excluding hydrogens is 552 g/mol. The van der Waals surface area contributed by atoms with E-state index in [4.69, 9.17) is 4.74 Å². The van der Waals surface area contributed by atoms with Crippen LogP contribution in [0, 0.1) is 10.1 Å². The van der Waals surface area contributed by atoms with Crippen molar-refractivity contribution in [3.8, 4) is 0 Å². The first-order valence-corrected chi connectivity index (χ1v) is 13.9. The van der Waals surface area contributed by atoms with E-state index in [0.29, 0.717) is 16.5 Å². The summed E-state index contributed by atoms with van der Waals surface area (Å²) in [4.78, 5) is 53.2. The van der Waals surface area contributed by atoms with E-state index < -0.39 is 16.1 Å². The number of amides is 2. The number of hydrogen-bond donors (Lipinski definition) is 2. The SMILES string of the molecule is CCOC(=O)Cc1csc(NC(=O)C(Sc2cccc(NC(=O)c3ccc([N+](=O)[O-])cc3)c2)c2ccccc2)n1. The van der Waals surface area contributed by atoms with Gasteiger partial charge in [-0.2, -0.15) is 0 Å². The maximum absolute atomic E-state index is 13.4. The summed E-state index contributed by atoms with van der Waals surface area (Å²) in [5.74, 6) is -1.10. The van der Waals surface area contributed by atoms with Gasteiger partial charge in [-0.3, -0.25) is 24.5 Å². The molecule has 0 saturated carbocycles. The van der Waals surface area contributed by atoms with Crippen molar-refractivity contribution in [2.75, 3.05) is 17.2 Å². The van der Waals surface area contributed by atoms with Crippen LogP contribution in [0.2, 0.25) is 0 Å². The Balaban J connectivity index is 1.48. The second-order valence-corrected chi connectivity index (χ2v) is 10.3. The fraction of sp³-hybridized carbons (Fsp3) is 0.143. The summed E-state index contributed by atoms with van der Waals surface area (Å²) in [6.07, 6.45) is 0.0233. The van der Waals surface area contributed by atoms with Gasteiger partial charge >= 0.3 is 5.97 Å². The Kier molecular flexibility index (Phi) is 9.60. The molecule has 0 aliphatic carbocycles. The predicted octanol–water partition coefficient (Wildman–Crippen LogP) is 5.88. The maximum Gasteiger partial charge on any atom is 0.311 e. The van der Waals surface area contributed by atoms with Gasteiger partial charge in [0.2, 0.25) is 5.91 Å². The molecule has 0 fully saturated rings. The first-order chi connectivity index (χ1) is 19.3. The van der Waals surface area contributed by atoms with Crippen molar-refractivity contribution in [1.29, 1.82) is 0 Å². The lowest BCUT2D eigenvalue weighted by atomic mass is 10.1. The highest BCUT2D eigenvalue weighted by Gasteiger charge is 2.24. The molecule has 2 amide bonds. The Bertz CT molecular complexity index is 1510. The lowest BCUT2D eigenvalue weighted by Gasteiger charge is -2.17. The summed E-state index contributed by atoms with van der Waals surface area (Å²) < 4.78 is 4.95. The number of thiazole rings is 1. The number of non-ortho nitro benzene ring substituents is 1. The summed E-state index contributed by atoms with van der Waals surface area (Å²) in [7, 11) is 0. The summed E-state index contributed by atoms with van der Waals surface area (Å²) in [5, 5.41) is 17.9. The van der Waals surface area contributed by atoms with Crippen LogP contribution in [0.3, 0.4) is 0 Å². The lowest BCUT2D eigenvalue weighted by molar-refractivity contribution is -0.384. The van der Waals surface area contributed by atoms with E-state index >= 15 is 0 Å². The van der Waals surface area contributed by atoms with E-state index in [-0.39, 0.29) is 36.2 Å². The summed E-state index contributed by atoms with van der Waals surface area (Å²) in [6.45, 7) is 2.01. The Morgan fingerprint density at radius 3 is 2.48 bits per heavy atom. The smallest absolute Gasteiger partial charge is 0.311 e. The number of nitro groups is 1. The zero-order valence-corrected chi connectivity index (χ0v) is 22.9. The number of nitrogens with zero attached hydrogens (tertiary/aromatic N) is 2. The second kappa shape index (κ2) is 13.5. The van der Waals surface area contributed by atoms with Gasteiger partial charge in [-0.25, -0.2) is 4.98 Å². The van der Waals surface area contributed by atoms with Crippen molar-refractivity contribution in [1.82, 2.24) is 4.98 Å². The first kappa shape index (κ1) is 28.5. The predicted molar refractivity (Wildman–Crippen MR) is 154 cm³/mol. The number of nitrogens with one attached hydrogen (secondary N) is 2. The van der Waals surface area contributed by atoms with Crippen molar-refractivity contribution in [3.63, 3.8) is 0 Å². The molecule has 0 bridgehead atoms. The highest BCUT2D eigenvalue weighted by Crippen LogP contribution is 2.37. The average Bonchev–Trinajstić information content (AvgIpc) is 3.38. The van der Waals surface area contributed by atoms with Crippen LogP contribution < -0.4 is 10.6 Å². The van der Waals surface area contributed by atoms with Gasteiger partial charge in [-0.05, 0) is 42.8 Å². The molecule has 40 heavy (non-hydrogen) atoms. The minimum atomic E-state index is -0.640. The van der Waals surface area contributed by atoms with Crippen LogP contribution in [0.5, 0.6) is 0 Å². The van der Waals surface area contributed by atoms with Gasteiger partial charge in [-0.1, -0.05) is 36.4 Å². The highest BCUT2D eigenvalue weighted by atomic mass is 32.2. The number of benzene rings is 3. The monoisotopic (exact) mass is 576 g/mol. The van der Waals surface area contributed by atoms with E-state index in [1.54, 1.807) is 30.5 Å². The third kappa shape index (κ3) is 7.74. The number of thioether (sulfide) groups is 1. The van der Waals surface area contributed by atoms with Gasteiger partial charge in [0.05, 0.1) is 23.6 Å². The zero-order chi connectivity index (χ0) is 28.5. The molecule has 1 heterocycles. The third-order valence-corrected chi connectivity index (χ3v) is 7.49. The molecule has 1 unspecified atom stereocenters. The second-order valence-electron chi connectivity index (χ2n) is 8.31. The Morgan fingerprint density at radius 2 is 1.77 bits per heavy atom. The first-order valence-electron chi connectivity index (χ1n) is 12.1. The van der Waals surface area contributed by atoms with E-state index in [9.17, 15) is 24.5 Å². The maximum atomic E-state index is 13.4. The molecule has 1 atom stereocenters. The Morgan fingerprint density at radius 1 is 1.02 bits per heavy atom. The molecule has 1 aromatic heterocycles. The summed E-state index contributed by atoms with van der Waals surface area (Å²) in [5.41, 5.74) is 1.96. The molecule has 4 aromatic rings. The molecule has 4 rings (SSSR count). The molecule has 0 saturated heterocycles. The van der Waals surface area contributed by atoms with Crippen LogP contribution in [0.15, 0.2) is 89.1 Å². The zero-order valence-electron chi connectivity index (χ0n) is 21.2. The van der Waals surface area contributed by atoms with Crippen LogP contribution >= 0.6 is 23.1 Å². The Labute approximate surface area is 237 Å². The summed E-state index contributed by atoms with van der Waals surface area (Å²) in [6, 6.07) is 21.6. The number of aromatic nitrogens is 1. The fourth-order valence-corrected chi connectivity index (χ4v) is 5.39. The number of carbonyl (C=O) groups is 3. The van der Waals surface area contributed by atoms with Gasteiger partial charge < -0.3 is 15.4 Å². The van der Waals surface area contributed by atoms with E-state index in [1.165, 1.54) is 47.4 Å². The largest absolute Gasteiger partial charge is 0.466 e. The quantitative estimate of drug-likeness (QED) is 0.0976. The van der Waals surface area contributed by atoms with E-state index in [0.717, 1.165) is 10.5 Å². The van der Waals surface area contributed by atoms with Gasteiger partial charge in [0.25, 0.3) is 11.6 Å². The molecule has 3 aromatic carbocycles. The van der Waals surface area contributed by atoms with Gasteiger partial charge in [0.1, 0.15) is 5.25 Å². The standard InChI is InChI=1S/C28H24N4O6S2/c1-2-38-24(33)16-21-17-39-28(30-21)31-27(35)25(18-7-4-3-5-8-18)40-23-10-6-9-20(15-23)29-26(34)19-11-13-22(14-12-19)32(36)37/h3-15,17,25H,2,16H2,1H3,(H,29,34)(H,30,31,35). The number of ether oxygens (including phenoxy) is 1. The number of nitro benzene ring substituents is 1. The minimum absolute atomic E-state index is 0.0233. The number of anilines is 2. The number of hydrogen-bond acceptors (Lipinski definition) is 9. The molecule has 10 nitrogen and oxygen atoms in total. The average molecular weight is 577 g/mol. The van der Waals surface area contributed by atoms with Gasteiger partial charge in [0, 0.05) is 33.7 Å². The molecule has 0 radical (unpaired) electrons. The molecule has 0 spiro atoms. The van der Waals surface area contributed by atoms with Crippen molar-refractivity contribution in [3.05, 3.63) is 111 Å². The molecule has 2 N–H and O–H groups in total. The fourth-order valence-electron chi connectivity index (χ4n) is 3.60. The van der Waals surface area contributed by atoms with Crippen molar-refractivity contribution < 1.29 is 24.0 Å². The summed E-state index contributed by atoms with van der Waals surface area (Å²) >= 11 is 2.52. The highest BCUT2D eigenvalue weighted by molar-refractivity contribution is 8.00. The van der Waals surface area contributed by atoms with Crippen LogP contribution in [0.4, 0.5) is 16.5 Å². The Hall–Kier alpha value is -4.55. The third-order valence-electron chi connectivity index (χ3n) is 5.44. The molecule has 12 heteroatoms. The molecule has 0 aliphatic heterocycles.